The van der Waals surface area contributed by atoms with Gasteiger partial charge in [-0.1, -0.05) is 30.3 Å². The SMILES string of the molecule is O=C1C[C@H]2N(Cc3ccccc3)c3cc4c(cc3[C@]23CCN2CCCC1[C@@H]23)OCO4. The summed E-state index contributed by atoms with van der Waals surface area (Å²) in [5, 5.41) is 0. The van der Waals surface area contributed by atoms with E-state index < -0.39 is 0 Å². The molecule has 0 bridgehead atoms. The largest absolute Gasteiger partial charge is 0.454 e. The van der Waals surface area contributed by atoms with Crippen LogP contribution >= 0.6 is 0 Å². The van der Waals surface area contributed by atoms with E-state index in [4.69, 9.17) is 9.47 Å². The van der Waals surface area contributed by atoms with Gasteiger partial charge in [0.25, 0.3) is 0 Å². The molecule has 1 spiro atoms. The van der Waals surface area contributed by atoms with E-state index in [-0.39, 0.29) is 17.4 Å². The summed E-state index contributed by atoms with van der Waals surface area (Å²) in [6, 6.07) is 15.6. The summed E-state index contributed by atoms with van der Waals surface area (Å²) in [5.74, 6) is 2.36. The summed E-state index contributed by atoms with van der Waals surface area (Å²) in [4.78, 5) is 18.5. The molecule has 5 heteroatoms. The van der Waals surface area contributed by atoms with Crippen LogP contribution in [0.25, 0.3) is 0 Å². The van der Waals surface area contributed by atoms with E-state index in [0.29, 0.717) is 25.0 Å². The second-order valence-corrected chi connectivity index (χ2v) is 9.54. The van der Waals surface area contributed by atoms with Gasteiger partial charge in [0.15, 0.2) is 11.5 Å². The molecule has 5 nitrogen and oxygen atoms in total. The predicted octanol–water partition coefficient (Wildman–Crippen LogP) is 3.50. The Hall–Kier alpha value is -2.53. The fourth-order valence-corrected chi connectivity index (χ4v) is 7.25. The van der Waals surface area contributed by atoms with Gasteiger partial charge in [-0.15, -0.1) is 0 Å². The van der Waals surface area contributed by atoms with Crippen molar-refractivity contribution in [2.24, 2.45) is 5.92 Å². The second-order valence-electron chi connectivity index (χ2n) is 9.54. The van der Waals surface area contributed by atoms with Crippen molar-refractivity contribution >= 4 is 11.5 Å². The molecule has 4 atom stereocenters. The molecule has 2 saturated heterocycles. The van der Waals surface area contributed by atoms with Crippen LogP contribution in [-0.4, -0.2) is 42.6 Å². The van der Waals surface area contributed by atoms with Gasteiger partial charge in [0.2, 0.25) is 6.79 Å². The Morgan fingerprint density at radius 2 is 1.90 bits per heavy atom. The number of hydrogen-bond acceptors (Lipinski definition) is 5. The number of carbonyl (C=O) groups is 1. The number of hydrogen-bond donors (Lipinski definition) is 0. The van der Waals surface area contributed by atoms with Crippen LogP contribution in [-0.2, 0) is 16.8 Å². The molecule has 4 heterocycles. The van der Waals surface area contributed by atoms with Crippen molar-refractivity contribution in [3.8, 4) is 11.5 Å². The summed E-state index contributed by atoms with van der Waals surface area (Å²) < 4.78 is 11.6. The Balaban J connectivity index is 1.43. The minimum absolute atomic E-state index is 0.0179. The highest BCUT2D eigenvalue weighted by Crippen LogP contribution is 2.62. The Morgan fingerprint density at radius 3 is 2.77 bits per heavy atom. The van der Waals surface area contributed by atoms with Crippen LogP contribution in [0.4, 0.5) is 5.69 Å². The Morgan fingerprint density at radius 1 is 1.07 bits per heavy atom. The Kier molecular flexibility index (Phi) is 3.44. The van der Waals surface area contributed by atoms with Crippen LogP contribution in [0.15, 0.2) is 42.5 Å². The van der Waals surface area contributed by atoms with Gasteiger partial charge < -0.3 is 14.4 Å². The number of Topliss-reactive ketones (excluding diaryl/α,β-unsaturated/α-hetero) is 1. The summed E-state index contributed by atoms with van der Waals surface area (Å²) >= 11 is 0. The number of ketones is 1. The van der Waals surface area contributed by atoms with Crippen LogP contribution < -0.4 is 14.4 Å². The smallest absolute Gasteiger partial charge is 0.231 e. The highest BCUT2D eigenvalue weighted by molar-refractivity contribution is 5.88. The number of rotatable bonds is 2. The van der Waals surface area contributed by atoms with E-state index in [1.165, 1.54) is 16.8 Å². The number of benzene rings is 2. The third-order valence-corrected chi connectivity index (χ3v) is 8.35. The average Bonchev–Trinajstić information content (AvgIpc) is 3.46. The molecule has 30 heavy (non-hydrogen) atoms. The maximum Gasteiger partial charge on any atom is 0.231 e. The average molecular weight is 402 g/mol. The molecule has 7 rings (SSSR count). The number of carbonyl (C=O) groups excluding carboxylic acids is 1. The van der Waals surface area contributed by atoms with Crippen molar-refractivity contribution in [2.45, 2.75) is 49.7 Å². The zero-order valence-electron chi connectivity index (χ0n) is 17.0. The van der Waals surface area contributed by atoms with Crippen LogP contribution in [0.1, 0.15) is 36.8 Å². The van der Waals surface area contributed by atoms with Crippen molar-refractivity contribution in [1.29, 1.82) is 0 Å². The molecule has 3 fully saturated rings. The van der Waals surface area contributed by atoms with Crippen LogP contribution in [0.5, 0.6) is 11.5 Å². The molecular weight excluding hydrogens is 376 g/mol. The van der Waals surface area contributed by atoms with Crippen LogP contribution in [0.2, 0.25) is 0 Å². The highest BCUT2D eigenvalue weighted by atomic mass is 16.7. The molecular formula is C25H26N2O3. The molecule has 5 aliphatic rings. The first kappa shape index (κ1) is 17.2. The summed E-state index contributed by atoms with van der Waals surface area (Å²) in [7, 11) is 0. The van der Waals surface area contributed by atoms with Gasteiger partial charge in [-0.3, -0.25) is 9.69 Å². The summed E-state index contributed by atoms with van der Waals surface area (Å²) in [6.07, 6.45) is 3.98. The third kappa shape index (κ3) is 2.09. The summed E-state index contributed by atoms with van der Waals surface area (Å²) in [5.41, 5.74) is 3.93. The third-order valence-electron chi connectivity index (χ3n) is 8.35. The van der Waals surface area contributed by atoms with Crippen molar-refractivity contribution in [2.75, 3.05) is 24.8 Å². The lowest BCUT2D eigenvalue weighted by Crippen LogP contribution is -2.62. The first-order chi connectivity index (χ1) is 14.8. The minimum Gasteiger partial charge on any atom is -0.454 e. The van der Waals surface area contributed by atoms with Crippen molar-refractivity contribution < 1.29 is 14.3 Å². The Bertz CT molecular complexity index is 1040. The highest BCUT2D eigenvalue weighted by Gasteiger charge is 2.66. The maximum atomic E-state index is 13.3. The molecule has 1 aliphatic carbocycles. The molecule has 2 aromatic carbocycles. The summed E-state index contributed by atoms with van der Waals surface area (Å²) in [6.45, 7) is 3.34. The van der Waals surface area contributed by atoms with Gasteiger partial charge in [-0.2, -0.15) is 0 Å². The molecule has 0 amide bonds. The van der Waals surface area contributed by atoms with Gasteiger partial charge in [0, 0.05) is 48.1 Å². The van der Waals surface area contributed by atoms with E-state index >= 15 is 0 Å². The predicted molar refractivity (Wildman–Crippen MR) is 113 cm³/mol. The van der Waals surface area contributed by atoms with Gasteiger partial charge in [0.05, 0.1) is 0 Å². The first-order valence-corrected chi connectivity index (χ1v) is 11.3. The number of piperidine rings is 1. The van der Waals surface area contributed by atoms with E-state index in [1.807, 2.05) is 0 Å². The molecule has 154 valence electrons. The zero-order chi connectivity index (χ0) is 19.9. The fourth-order valence-electron chi connectivity index (χ4n) is 7.25. The van der Waals surface area contributed by atoms with E-state index in [1.54, 1.807) is 0 Å². The van der Waals surface area contributed by atoms with E-state index in [2.05, 4.69) is 52.3 Å². The van der Waals surface area contributed by atoms with E-state index in [0.717, 1.165) is 50.4 Å². The number of anilines is 1. The van der Waals surface area contributed by atoms with Crippen molar-refractivity contribution in [3.63, 3.8) is 0 Å². The quantitative estimate of drug-likeness (QED) is 0.769. The van der Waals surface area contributed by atoms with E-state index in [9.17, 15) is 4.79 Å². The standard InChI is InChI=1S/C25H26N2O3/c28-20-13-23-25(8-10-26-9-4-7-17(20)24(25)26)18-11-21-22(30-15-29-21)12-19(18)27(23)14-16-5-2-1-3-6-16/h1-3,5-6,11-12,17,23-24H,4,7-10,13-15H2/t17?,23-,24-,25-/m1/s1. The lowest BCUT2D eigenvalue weighted by Gasteiger charge is -2.51. The molecule has 1 unspecified atom stereocenters. The topological polar surface area (TPSA) is 42.0 Å². The molecule has 1 saturated carbocycles. The van der Waals surface area contributed by atoms with Crippen molar-refractivity contribution in [1.82, 2.24) is 4.90 Å². The van der Waals surface area contributed by atoms with Gasteiger partial charge in [0.1, 0.15) is 5.78 Å². The van der Waals surface area contributed by atoms with Gasteiger partial charge in [-0.25, -0.2) is 0 Å². The van der Waals surface area contributed by atoms with Crippen molar-refractivity contribution in [3.05, 3.63) is 53.6 Å². The first-order valence-electron chi connectivity index (χ1n) is 11.3. The number of ether oxygens (including phenoxy) is 2. The van der Waals surface area contributed by atoms with Gasteiger partial charge >= 0.3 is 0 Å². The normalized spacial score (nSPS) is 33.4. The molecule has 2 aromatic rings. The minimum atomic E-state index is 0.0179. The number of nitrogens with zero attached hydrogens (tertiary/aromatic N) is 2. The van der Waals surface area contributed by atoms with Crippen LogP contribution in [0.3, 0.4) is 0 Å². The molecule has 4 aliphatic heterocycles. The molecule has 0 aromatic heterocycles. The van der Waals surface area contributed by atoms with Crippen LogP contribution in [0, 0.1) is 5.92 Å². The lowest BCUT2D eigenvalue weighted by atomic mass is 9.59. The molecule has 0 N–H and O–H groups in total. The monoisotopic (exact) mass is 402 g/mol. The number of fused-ring (bicyclic) bond motifs is 2. The second kappa shape index (κ2) is 6.01. The molecule has 0 radical (unpaired) electrons. The Labute approximate surface area is 176 Å². The fraction of sp³-hybridized carbons (Fsp3) is 0.480. The zero-order valence-corrected chi connectivity index (χ0v) is 17.0. The van der Waals surface area contributed by atoms with Gasteiger partial charge in [-0.05, 0) is 49.5 Å². The maximum absolute atomic E-state index is 13.3. The lowest BCUT2D eigenvalue weighted by molar-refractivity contribution is -0.131.